The predicted molar refractivity (Wildman–Crippen MR) is 77.8 cm³/mol. The van der Waals surface area contributed by atoms with Gasteiger partial charge in [0, 0.05) is 11.4 Å². The van der Waals surface area contributed by atoms with Gasteiger partial charge in [-0.15, -0.1) is 22.9 Å². The molecule has 100 valence electrons. The Balaban J connectivity index is 1.98. The summed E-state index contributed by atoms with van der Waals surface area (Å²) < 4.78 is 0. The second-order valence-electron chi connectivity index (χ2n) is 4.84. The number of amides is 1. The Morgan fingerprint density at radius 1 is 1.44 bits per heavy atom. The Labute approximate surface area is 118 Å². The van der Waals surface area contributed by atoms with Crippen LogP contribution in [-0.4, -0.2) is 17.8 Å². The third-order valence-corrected chi connectivity index (χ3v) is 5.10. The van der Waals surface area contributed by atoms with E-state index in [1.54, 1.807) is 11.3 Å². The molecule has 1 unspecified atom stereocenters. The van der Waals surface area contributed by atoms with Gasteiger partial charge in [0.1, 0.15) is 0 Å². The lowest BCUT2D eigenvalue weighted by atomic mass is 10.1. The second-order valence-corrected chi connectivity index (χ2v) is 6.59. The van der Waals surface area contributed by atoms with Gasteiger partial charge >= 0.3 is 0 Å². The van der Waals surface area contributed by atoms with Gasteiger partial charge in [0.25, 0.3) is 5.91 Å². The highest BCUT2D eigenvalue weighted by molar-refractivity contribution is 7.14. The van der Waals surface area contributed by atoms with E-state index in [0.717, 1.165) is 24.1 Å². The van der Waals surface area contributed by atoms with Gasteiger partial charge < -0.3 is 5.32 Å². The molecule has 2 rings (SSSR count). The first-order valence-electron chi connectivity index (χ1n) is 6.74. The minimum absolute atomic E-state index is 0.0340. The molecule has 18 heavy (non-hydrogen) atoms. The lowest BCUT2D eigenvalue weighted by Crippen LogP contribution is -2.28. The summed E-state index contributed by atoms with van der Waals surface area (Å²) in [4.78, 5) is 14.3. The van der Waals surface area contributed by atoms with Gasteiger partial charge in [-0.3, -0.25) is 4.79 Å². The molecule has 0 saturated carbocycles. The molecular formula is C14H20ClNOS. The van der Waals surface area contributed by atoms with Crippen LogP contribution >= 0.6 is 22.9 Å². The van der Waals surface area contributed by atoms with Gasteiger partial charge in [-0.25, -0.2) is 0 Å². The molecule has 0 aliphatic heterocycles. The zero-order valence-electron chi connectivity index (χ0n) is 10.8. The van der Waals surface area contributed by atoms with Crippen molar-refractivity contribution in [2.45, 2.75) is 50.8 Å². The minimum Gasteiger partial charge on any atom is -0.350 e. The van der Waals surface area contributed by atoms with Gasteiger partial charge in [-0.2, -0.15) is 0 Å². The average molecular weight is 286 g/mol. The number of carbonyl (C=O) groups excluding carboxylic acids is 1. The molecule has 0 spiro atoms. The van der Waals surface area contributed by atoms with Crippen LogP contribution in [0.5, 0.6) is 0 Å². The number of nitrogens with one attached hydrogen (secondary N) is 1. The predicted octanol–water partition coefficient (Wildman–Crippen LogP) is 3.76. The highest BCUT2D eigenvalue weighted by Gasteiger charge is 2.16. The highest BCUT2D eigenvalue weighted by atomic mass is 35.5. The second kappa shape index (κ2) is 6.58. The summed E-state index contributed by atoms with van der Waals surface area (Å²) in [6, 6.07) is 2.08. The van der Waals surface area contributed by atoms with Gasteiger partial charge in [0.05, 0.1) is 10.3 Å². The zero-order chi connectivity index (χ0) is 13.0. The fourth-order valence-corrected chi connectivity index (χ4v) is 3.46. The van der Waals surface area contributed by atoms with Crippen molar-refractivity contribution in [2.24, 2.45) is 0 Å². The van der Waals surface area contributed by atoms with E-state index < -0.39 is 0 Å². The zero-order valence-corrected chi connectivity index (χ0v) is 12.4. The van der Waals surface area contributed by atoms with E-state index in [4.69, 9.17) is 11.6 Å². The number of halogens is 1. The van der Waals surface area contributed by atoms with Crippen molar-refractivity contribution in [3.05, 3.63) is 21.4 Å². The number of hydrogen-bond donors (Lipinski definition) is 1. The summed E-state index contributed by atoms with van der Waals surface area (Å²) in [5.41, 5.74) is 1.39. The Hall–Kier alpha value is -0.540. The van der Waals surface area contributed by atoms with Gasteiger partial charge in [-0.05, 0) is 43.7 Å². The fourth-order valence-electron chi connectivity index (χ4n) is 2.21. The van der Waals surface area contributed by atoms with E-state index in [0.29, 0.717) is 6.54 Å². The standard InChI is InChI=1S/C14H20ClNOS/c1-2-11(15)9-16-14(17)13-8-10-6-4-3-5-7-12(10)18-13/h8,11H,2-7,9H2,1H3,(H,16,17). The number of fused-ring (bicyclic) bond motifs is 1. The summed E-state index contributed by atoms with van der Waals surface area (Å²) in [6.45, 7) is 2.58. The van der Waals surface area contributed by atoms with E-state index in [1.165, 1.54) is 29.7 Å². The first kappa shape index (κ1) is 13.9. The van der Waals surface area contributed by atoms with E-state index in [9.17, 15) is 4.79 Å². The third-order valence-electron chi connectivity index (χ3n) is 3.40. The number of rotatable bonds is 4. The largest absolute Gasteiger partial charge is 0.350 e. The highest BCUT2D eigenvalue weighted by Crippen LogP contribution is 2.28. The van der Waals surface area contributed by atoms with Crippen LogP contribution in [0, 0.1) is 0 Å². The molecule has 1 aromatic heterocycles. The summed E-state index contributed by atoms with van der Waals surface area (Å²) in [5.74, 6) is 0.0344. The molecular weight excluding hydrogens is 266 g/mol. The lowest BCUT2D eigenvalue weighted by Gasteiger charge is -2.07. The molecule has 1 amide bonds. The molecule has 0 fully saturated rings. The summed E-state index contributed by atoms with van der Waals surface area (Å²) in [6.07, 6.45) is 6.97. The maximum atomic E-state index is 12.0. The van der Waals surface area contributed by atoms with Crippen LogP contribution in [0.25, 0.3) is 0 Å². The first-order chi connectivity index (χ1) is 8.70. The normalized spacial score (nSPS) is 16.8. The van der Waals surface area contributed by atoms with Crippen molar-refractivity contribution in [1.29, 1.82) is 0 Å². The van der Waals surface area contributed by atoms with Crippen molar-refractivity contribution in [3.8, 4) is 0 Å². The van der Waals surface area contributed by atoms with Gasteiger partial charge in [0.15, 0.2) is 0 Å². The minimum atomic E-state index is 0.0340. The van der Waals surface area contributed by atoms with Crippen molar-refractivity contribution in [2.75, 3.05) is 6.54 Å². The number of hydrogen-bond acceptors (Lipinski definition) is 2. The van der Waals surface area contributed by atoms with E-state index in [1.807, 2.05) is 6.92 Å². The molecule has 4 heteroatoms. The molecule has 2 nitrogen and oxygen atoms in total. The molecule has 1 aromatic rings. The summed E-state index contributed by atoms with van der Waals surface area (Å²) in [7, 11) is 0. The maximum Gasteiger partial charge on any atom is 0.261 e. The van der Waals surface area contributed by atoms with Crippen molar-refractivity contribution in [3.63, 3.8) is 0 Å². The Morgan fingerprint density at radius 3 is 3.00 bits per heavy atom. The number of thiophene rings is 1. The first-order valence-corrected chi connectivity index (χ1v) is 8.00. The van der Waals surface area contributed by atoms with Crippen LogP contribution in [0.2, 0.25) is 0 Å². The number of alkyl halides is 1. The van der Waals surface area contributed by atoms with Crippen LogP contribution < -0.4 is 5.32 Å². The van der Waals surface area contributed by atoms with E-state index in [-0.39, 0.29) is 11.3 Å². The topological polar surface area (TPSA) is 29.1 Å². The molecule has 1 heterocycles. The van der Waals surface area contributed by atoms with Crippen LogP contribution in [0.4, 0.5) is 0 Å². The molecule has 1 aliphatic rings. The number of carbonyl (C=O) groups is 1. The van der Waals surface area contributed by atoms with E-state index >= 15 is 0 Å². The van der Waals surface area contributed by atoms with Crippen LogP contribution in [-0.2, 0) is 12.8 Å². The van der Waals surface area contributed by atoms with E-state index in [2.05, 4.69) is 11.4 Å². The van der Waals surface area contributed by atoms with Gasteiger partial charge in [0.2, 0.25) is 0 Å². The van der Waals surface area contributed by atoms with Crippen LogP contribution in [0.1, 0.15) is 52.7 Å². The Kier molecular flexibility index (Phi) is 5.07. The summed E-state index contributed by atoms with van der Waals surface area (Å²) >= 11 is 7.67. The fraction of sp³-hybridized carbons (Fsp3) is 0.643. The molecule has 1 aliphatic carbocycles. The third kappa shape index (κ3) is 3.48. The van der Waals surface area contributed by atoms with Crippen LogP contribution in [0.15, 0.2) is 6.07 Å². The monoisotopic (exact) mass is 285 g/mol. The summed E-state index contributed by atoms with van der Waals surface area (Å²) in [5, 5.41) is 2.95. The molecule has 1 N–H and O–H groups in total. The SMILES string of the molecule is CCC(Cl)CNC(=O)c1cc2c(s1)CCCCC2. The van der Waals surface area contributed by atoms with Crippen molar-refractivity contribution >= 4 is 28.8 Å². The smallest absolute Gasteiger partial charge is 0.261 e. The van der Waals surface area contributed by atoms with Crippen molar-refractivity contribution in [1.82, 2.24) is 5.32 Å². The molecule has 0 bridgehead atoms. The quantitative estimate of drug-likeness (QED) is 0.662. The van der Waals surface area contributed by atoms with Crippen molar-refractivity contribution < 1.29 is 4.79 Å². The molecule has 1 atom stereocenters. The van der Waals surface area contributed by atoms with Crippen LogP contribution in [0.3, 0.4) is 0 Å². The molecule has 0 aromatic carbocycles. The average Bonchev–Trinajstić information content (AvgIpc) is 2.67. The number of aryl methyl sites for hydroxylation is 2. The maximum absolute atomic E-state index is 12.0. The Bertz CT molecular complexity index is 392. The lowest BCUT2D eigenvalue weighted by molar-refractivity contribution is 0.0957. The molecule has 0 saturated heterocycles. The Morgan fingerprint density at radius 2 is 2.22 bits per heavy atom. The van der Waals surface area contributed by atoms with Gasteiger partial charge in [-0.1, -0.05) is 13.3 Å². The molecule has 0 radical (unpaired) electrons.